The van der Waals surface area contributed by atoms with E-state index in [0.29, 0.717) is 12.0 Å². The first kappa shape index (κ1) is 15.8. The number of carbonyl (C=O) groups excluding carboxylic acids is 2. The van der Waals surface area contributed by atoms with Crippen molar-refractivity contribution in [2.45, 2.75) is 44.3 Å². The first-order chi connectivity index (χ1) is 12.0. The number of aryl methyl sites for hydroxylation is 2. The van der Waals surface area contributed by atoms with Crippen LogP contribution in [-0.2, 0) is 11.8 Å². The van der Waals surface area contributed by atoms with E-state index in [-0.39, 0.29) is 29.9 Å². The molecule has 4 rings (SSSR count). The Balaban J connectivity index is 1.62. The van der Waals surface area contributed by atoms with Crippen LogP contribution < -0.4 is 5.32 Å². The summed E-state index contributed by atoms with van der Waals surface area (Å²) in [6, 6.07) is 3.57. The molecule has 25 heavy (non-hydrogen) atoms. The Morgan fingerprint density at radius 2 is 2.12 bits per heavy atom. The highest BCUT2D eigenvalue weighted by atomic mass is 16.2. The molecule has 1 aliphatic carbocycles. The predicted octanol–water partition coefficient (Wildman–Crippen LogP) is 1.36. The number of likely N-dealkylation sites (tertiary alicyclic amines) is 1. The van der Waals surface area contributed by atoms with Gasteiger partial charge in [0.05, 0.1) is 23.3 Å². The van der Waals surface area contributed by atoms with Crippen LogP contribution >= 0.6 is 0 Å². The second-order valence-corrected chi connectivity index (χ2v) is 6.89. The van der Waals surface area contributed by atoms with Crippen molar-refractivity contribution < 1.29 is 9.59 Å². The SMILES string of the molecule is Cc1cncc(C(=O)N[C@@H]2CC(=O)N(C3CC3)[C@H]2c2ccnn2C)c1. The standard InChI is InChI=1S/C18H21N5O2/c1-11-7-12(10-19-9-11)18(25)21-14-8-16(24)23(13-3-4-13)17(14)15-5-6-20-22(15)2/h5-7,9-10,13-14,17H,3-4,8H2,1-2H3,(H,21,25)/t14-,17-/m1/s1. The largest absolute Gasteiger partial charge is 0.346 e. The van der Waals surface area contributed by atoms with E-state index in [1.807, 2.05) is 24.9 Å². The molecular weight excluding hydrogens is 318 g/mol. The smallest absolute Gasteiger partial charge is 0.253 e. The van der Waals surface area contributed by atoms with E-state index in [1.54, 1.807) is 29.3 Å². The molecule has 1 saturated heterocycles. The third-order valence-corrected chi connectivity index (χ3v) is 4.92. The second kappa shape index (κ2) is 5.98. The molecule has 0 bridgehead atoms. The lowest BCUT2D eigenvalue weighted by molar-refractivity contribution is -0.129. The molecule has 2 atom stereocenters. The molecule has 0 radical (unpaired) electrons. The second-order valence-electron chi connectivity index (χ2n) is 6.89. The maximum Gasteiger partial charge on any atom is 0.253 e. The van der Waals surface area contributed by atoms with E-state index in [9.17, 15) is 9.59 Å². The summed E-state index contributed by atoms with van der Waals surface area (Å²) in [6.07, 6.45) is 7.37. The molecule has 130 valence electrons. The van der Waals surface area contributed by atoms with Gasteiger partial charge in [-0.25, -0.2) is 0 Å². The summed E-state index contributed by atoms with van der Waals surface area (Å²) in [4.78, 5) is 31.3. The number of amides is 2. The number of nitrogens with zero attached hydrogens (tertiary/aromatic N) is 4. The van der Waals surface area contributed by atoms with Crippen LogP contribution in [0, 0.1) is 6.92 Å². The van der Waals surface area contributed by atoms with Gasteiger partial charge in [-0.3, -0.25) is 19.3 Å². The molecule has 2 aromatic heterocycles. The van der Waals surface area contributed by atoms with Gasteiger partial charge in [0.2, 0.25) is 5.91 Å². The molecule has 0 aromatic carbocycles. The number of hydrogen-bond donors (Lipinski definition) is 1. The Kier molecular flexibility index (Phi) is 3.78. The third-order valence-electron chi connectivity index (χ3n) is 4.92. The van der Waals surface area contributed by atoms with Crippen molar-refractivity contribution in [3.63, 3.8) is 0 Å². The van der Waals surface area contributed by atoms with Crippen LogP contribution in [0.1, 0.15) is 46.9 Å². The van der Waals surface area contributed by atoms with Gasteiger partial charge in [-0.15, -0.1) is 0 Å². The van der Waals surface area contributed by atoms with Crippen molar-refractivity contribution in [2.24, 2.45) is 7.05 Å². The van der Waals surface area contributed by atoms with E-state index >= 15 is 0 Å². The highest BCUT2D eigenvalue weighted by molar-refractivity contribution is 5.95. The maximum atomic E-state index is 12.6. The van der Waals surface area contributed by atoms with Gasteiger partial charge in [0, 0.05) is 38.1 Å². The summed E-state index contributed by atoms with van der Waals surface area (Å²) in [7, 11) is 1.87. The number of nitrogens with one attached hydrogen (secondary N) is 1. The van der Waals surface area contributed by atoms with Crippen LogP contribution in [0.4, 0.5) is 0 Å². The zero-order chi connectivity index (χ0) is 17.6. The average molecular weight is 339 g/mol. The molecule has 0 unspecified atom stereocenters. The summed E-state index contributed by atoms with van der Waals surface area (Å²) in [5.41, 5.74) is 2.39. The van der Waals surface area contributed by atoms with E-state index in [4.69, 9.17) is 0 Å². The van der Waals surface area contributed by atoms with Crippen molar-refractivity contribution in [2.75, 3.05) is 0 Å². The van der Waals surface area contributed by atoms with E-state index in [2.05, 4.69) is 15.4 Å². The van der Waals surface area contributed by atoms with Gasteiger partial charge in [0.1, 0.15) is 0 Å². The van der Waals surface area contributed by atoms with Crippen LogP contribution in [0.2, 0.25) is 0 Å². The zero-order valence-corrected chi connectivity index (χ0v) is 14.3. The fourth-order valence-electron chi connectivity index (χ4n) is 3.62. The number of rotatable bonds is 4. The van der Waals surface area contributed by atoms with Crippen LogP contribution in [0.5, 0.6) is 0 Å². The molecular formula is C18H21N5O2. The van der Waals surface area contributed by atoms with Gasteiger partial charge in [-0.05, 0) is 37.5 Å². The van der Waals surface area contributed by atoms with E-state index in [1.165, 1.54) is 0 Å². The first-order valence-corrected chi connectivity index (χ1v) is 8.56. The number of carbonyl (C=O) groups is 2. The molecule has 7 nitrogen and oxygen atoms in total. The molecule has 1 aliphatic heterocycles. The molecule has 1 N–H and O–H groups in total. The van der Waals surface area contributed by atoms with Crippen LogP contribution in [0.15, 0.2) is 30.7 Å². The van der Waals surface area contributed by atoms with Crippen LogP contribution in [0.3, 0.4) is 0 Å². The molecule has 2 aromatic rings. The minimum atomic E-state index is -0.267. The van der Waals surface area contributed by atoms with E-state index in [0.717, 1.165) is 24.1 Å². The summed E-state index contributed by atoms with van der Waals surface area (Å²) < 4.78 is 1.78. The summed E-state index contributed by atoms with van der Waals surface area (Å²) in [5, 5.41) is 7.29. The van der Waals surface area contributed by atoms with Gasteiger partial charge in [0.25, 0.3) is 5.91 Å². The summed E-state index contributed by atoms with van der Waals surface area (Å²) in [5.74, 6) is -0.0971. The van der Waals surface area contributed by atoms with Crippen molar-refractivity contribution in [3.05, 3.63) is 47.5 Å². The Bertz CT molecular complexity index is 826. The fourth-order valence-corrected chi connectivity index (χ4v) is 3.62. The molecule has 3 heterocycles. The lowest BCUT2D eigenvalue weighted by atomic mass is 10.0. The lowest BCUT2D eigenvalue weighted by Gasteiger charge is -2.28. The predicted molar refractivity (Wildman–Crippen MR) is 90.7 cm³/mol. The topological polar surface area (TPSA) is 80.1 Å². The monoisotopic (exact) mass is 339 g/mol. The first-order valence-electron chi connectivity index (χ1n) is 8.56. The average Bonchev–Trinajstić information content (AvgIpc) is 3.25. The molecule has 2 fully saturated rings. The molecule has 2 amide bonds. The quantitative estimate of drug-likeness (QED) is 0.912. The third kappa shape index (κ3) is 2.90. The number of hydrogen-bond acceptors (Lipinski definition) is 4. The number of pyridine rings is 1. The van der Waals surface area contributed by atoms with Gasteiger partial charge in [-0.2, -0.15) is 5.10 Å². The lowest BCUT2D eigenvalue weighted by Crippen LogP contribution is -2.41. The minimum absolute atomic E-state index is 0.0985. The zero-order valence-electron chi connectivity index (χ0n) is 14.3. The Labute approximate surface area is 146 Å². The van der Waals surface area contributed by atoms with Crippen LogP contribution in [0.25, 0.3) is 0 Å². The van der Waals surface area contributed by atoms with Crippen molar-refractivity contribution >= 4 is 11.8 Å². The van der Waals surface area contributed by atoms with Gasteiger partial charge < -0.3 is 10.2 Å². The van der Waals surface area contributed by atoms with Gasteiger partial charge in [0.15, 0.2) is 0 Å². The van der Waals surface area contributed by atoms with Crippen molar-refractivity contribution in [1.82, 2.24) is 25.0 Å². The molecule has 1 saturated carbocycles. The maximum absolute atomic E-state index is 12.6. The highest BCUT2D eigenvalue weighted by Gasteiger charge is 2.48. The van der Waals surface area contributed by atoms with Crippen molar-refractivity contribution in [1.29, 1.82) is 0 Å². The Morgan fingerprint density at radius 3 is 2.76 bits per heavy atom. The van der Waals surface area contributed by atoms with Gasteiger partial charge >= 0.3 is 0 Å². The van der Waals surface area contributed by atoms with Gasteiger partial charge in [-0.1, -0.05) is 0 Å². The fraction of sp³-hybridized carbons (Fsp3) is 0.444. The molecule has 2 aliphatic rings. The number of aromatic nitrogens is 3. The Hall–Kier alpha value is -2.70. The van der Waals surface area contributed by atoms with E-state index < -0.39 is 0 Å². The molecule has 7 heteroatoms. The minimum Gasteiger partial charge on any atom is -0.346 e. The summed E-state index contributed by atoms with van der Waals surface area (Å²) >= 11 is 0. The Morgan fingerprint density at radius 1 is 1.32 bits per heavy atom. The van der Waals surface area contributed by atoms with Crippen molar-refractivity contribution in [3.8, 4) is 0 Å². The summed E-state index contributed by atoms with van der Waals surface area (Å²) in [6.45, 7) is 1.90. The van der Waals surface area contributed by atoms with Crippen LogP contribution in [-0.4, -0.2) is 43.6 Å². The normalized spacial score (nSPS) is 23.1. The molecule has 0 spiro atoms. The highest BCUT2D eigenvalue weighted by Crippen LogP contribution is 2.41.